The van der Waals surface area contributed by atoms with E-state index in [1.54, 1.807) is 57.2 Å². The third-order valence-corrected chi connectivity index (χ3v) is 3.53. The van der Waals surface area contributed by atoms with Crippen molar-refractivity contribution in [2.24, 2.45) is 0 Å². The van der Waals surface area contributed by atoms with Crippen LogP contribution in [0, 0.1) is 6.92 Å². The summed E-state index contributed by atoms with van der Waals surface area (Å²) in [5, 5.41) is 13.3. The van der Waals surface area contributed by atoms with Gasteiger partial charge in [0.1, 0.15) is 23.4 Å². The molecule has 2 rings (SSSR count). The molecule has 124 valence electrons. The number of amides is 1. The fraction of sp³-hybridized carbons (Fsp3) is 0.353. The molecule has 0 spiro atoms. The van der Waals surface area contributed by atoms with E-state index in [2.05, 4.69) is 5.32 Å². The van der Waals surface area contributed by atoms with Crippen molar-refractivity contribution in [1.29, 1.82) is 0 Å². The van der Waals surface area contributed by atoms with Crippen molar-refractivity contribution in [3.63, 3.8) is 0 Å². The van der Waals surface area contributed by atoms with Gasteiger partial charge in [-0.15, -0.1) is 0 Å². The van der Waals surface area contributed by atoms with Crippen molar-refractivity contribution in [1.82, 2.24) is 5.32 Å². The zero-order chi connectivity index (χ0) is 17.0. The molecular weight excluding hydrogens is 318 g/mol. The first-order chi connectivity index (χ1) is 10.8. The summed E-state index contributed by atoms with van der Waals surface area (Å²) >= 11 is 5.82. The van der Waals surface area contributed by atoms with E-state index < -0.39 is 11.7 Å². The van der Waals surface area contributed by atoms with Gasteiger partial charge in [0, 0.05) is 5.02 Å². The number of carbonyl (C=O) groups is 1. The summed E-state index contributed by atoms with van der Waals surface area (Å²) in [5.74, 6) is 1.32. The average Bonchev–Trinajstić information content (AvgIpc) is 2.93. The molecule has 0 saturated heterocycles. The fourth-order valence-electron chi connectivity index (χ4n) is 1.98. The van der Waals surface area contributed by atoms with E-state index >= 15 is 0 Å². The maximum Gasteiger partial charge on any atom is 0.263 e. The Morgan fingerprint density at radius 3 is 2.52 bits per heavy atom. The summed E-state index contributed by atoms with van der Waals surface area (Å²) in [6.45, 7) is 5.14. The first-order valence-electron chi connectivity index (χ1n) is 7.25. The van der Waals surface area contributed by atoms with E-state index in [0.717, 1.165) is 0 Å². The second kappa shape index (κ2) is 7.06. The Kier molecular flexibility index (Phi) is 5.34. The fourth-order valence-corrected chi connectivity index (χ4v) is 2.10. The number of aliphatic hydroxyl groups excluding tert-OH is 1. The Balaban J connectivity index is 1.91. The highest BCUT2D eigenvalue weighted by Crippen LogP contribution is 2.21. The number of hydrogen-bond donors (Lipinski definition) is 2. The molecule has 5 nitrogen and oxygen atoms in total. The van der Waals surface area contributed by atoms with Crippen LogP contribution in [0.4, 0.5) is 0 Å². The smallest absolute Gasteiger partial charge is 0.263 e. The third-order valence-electron chi connectivity index (χ3n) is 3.28. The number of benzene rings is 1. The first-order valence-corrected chi connectivity index (χ1v) is 7.63. The predicted molar refractivity (Wildman–Crippen MR) is 87.6 cm³/mol. The van der Waals surface area contributed by atoms with E-state index in [9.17, 15) is 9.90 Å². The SMILES string of the molecule is Cc1ccc(C(O)CNC(=O)C(C)(C)Oc2ccc(Cl)cc2)o1. The largest absolute Gasteiger partial charge is 0.478 e. The molecule has 1 amide bonds. The van der Waals surface area contributed by atoms with E-state index in [1.165, 1.54) is 0 Å². The molecule has 1 aromatic heterocycles. The number of carbonyl (C=O) groups excluding carboxylic acids is 1. The normalized spacial score (nSPS) is 12.7. The molecule has 1 aromatic carbocycles. The van der Waals surface area contributed by atoms with Gasteiger partial charge >= 0.3 is 0 Å². The lowest BCUT2D eigenvalue weighted by Crippen LogP contribution is -2.47. The number of nitrogens with one attached hydrogen (secondary N) is 1. The topological polar surface area (TPSA) is 71.7 Å². The third kappa shape index (κ3) is 4.74. The minimum absolute atomic E-state index is 0.0409. The molecule has 0 radical (unpaired) electrons. The molecule has 2 aromatic rings. The number of halogens is 1. The van der Waals surface area contributed by atoms with Gasteiger partial charge in [0.05, 0.1) is 6.54 Å². The van der Waals surface area contributed by atoms with Crippen LogP contribution < -0.4 is 10.1 Å². The van der Waals surface area contributed by atoms with Gasteiger partial charge in [-0.1, -0.05) is 11.6 Å². The molecule has 1 atom stereocenters. The monoisotopic (exact) mass is 337 g/mol. The molecule has 0 aliphatic rings. The van der Waals surface area contributed by atoms with Crippen molar-refractivity contribution in [2.75, 3.05) is 6.54 Å². The number of aryl methyl sites for hydroxylation is 1. The standard InChI is InChI=1S/C17H20ClNO4/c1-11-4-9-15(22-11)14(20)10-19-16(21)17(2,3)23-13-7-5-12(18)6-8-13/h4-9,14,20H,10H2,1-3H3,(H,19,21). The van der Waals surface area contributed by atoms with Gasteiger partial charge in [0.2, 0.25) is 0 Å². The number of aliphatic hydroxyl groups is 1. The Morgan fingerprint density at radius 1 is 1.30 bits per heavy atom. The number of rotatable bonds is 6. The summed E-state index contributed by atoms with van der Waals surface area (Å²) < 4.78 is 11.0. The molecule has 0 aliphatic carbocycles. The Hall–Kier alpha value is -1.98. The lowest BCUT2D eigenvalue weighted by atomic mass is 10.1. The highest BCUT2D eigenvalue weighted by Gasteiger charge is 2.30. The van der Waals surface area contributed by atoms with Crippen LogP contribution in [-0.4, -0.2) is 23.2 Å². The Bertz CT molecular complexity index is 663. The summed E-state index contributed by atoms with van der Waals surface area (Å²) in [5.41, 5.74) is -1.09. The molecule has 6 heteroatoms. The lowest BCUT2D eigenvalue weighted by molar-refractivity contribution is -0.134. The van der Waals surface area contributed by atoms with E-state index in [4.69, 9.17) is 20.8 Å². The first kappa shape index (κ1) is 17.4. The van der Waals surface area contributed by atoms with Crippen molar-refractivity contribution < 1.29 is 19.1 Å². The molecule has 23 heavy (non-hydrogen) atoms. The van der Waals surface area contributed by atoms with Crippen molar-refractivity contribution in [3.05, 3.63) is 52.9 Å². The average molecular weight is 338 g/mol. The second-order valence-corrected chi connectivity index (χ2v) is 6.18. The van der Waals surface area contributed by atoms with Crippen molar-refractivity contribution >= 4 is 17.5 Å². The molecule has 0 bridgehead atoms. The molecule has 0 fully saturated rings. The highest BCUT2D eigenvalue weighted by molar-refractivity contribution is 6.30. The maximum atomic E-state index is 12.3. The van der Waals surface area contributed by atoms with Crippen LogP contribution in [-0.2, 0) is 4.79 Å². The van der Waals surface area contributed by atoms with Crippen LogP contribution >= 0.6 is 11.6 Å². The number of furan rings is 1. The summed E-state index contributed by atoms with van der Waals surface area (Å²) in [4.78, 5) is 12.3. The van der Waals surface area contributed by atoms with Gasteiger partial charge in [0.25, 0.3) is 5.91 Å². The van der Waals surface area contributed by atoms with Crippen LogP contribution in [0.25, 0.3) is 0 Å². The minimum Gasteiger partial charge on any atom is -0.478 e. The van der Waals surface area contributed by atoms with Gasteiger partial charge in [-0.05, 0) is 57.2 Å². The van der Waals surface area contributed by atoms with Crippen LogP contribution in [0.5, 0.6) is 5.75 Å². The molecule has 2 N–H and O–H groups in total. The van der Waals surface area contributed by atoms with Crippen LogP contribution in [0.15, 0.2) is 40.8 Å². The predicted octanol–water partition coefficient (Wildman–Crippen LogP) is 3.25. The Morgan fingerprint density at radius 2 is 1.96 bits per heavy atom. The van der Waals surface area contributed by atoms with Crippen molar-refractivity contribution in [2.45, 2.75) is 32.5 Å². The molecular formula is C17H20ClNO4. The lowest BCUT2D eigenvalue weighted by Gasteiger charge is -2.25. The second-order valence-electron chi connectivity index (χ2n) is 5.74. The molecule has 1 unspecified atom stereocenters. The van der Waals surface area contributed by atoms with Crippen LogP contribution in [0.1, 0.15) is 31.5 Å². The Labute approximate surface area is 140 Å². The molecule has 0 aliphatic heterocycles. The number of ether oxygens (including phenoxy) is 1. The van der Waals surface area contributed by atoms with Gasteiger partial charge in [-0.2, -0.15) is 0 Å². The van der Waals surface area contributed by atoms with E-state index in [-0.39, 0.29) is 12.5 Å². The quantitative estimate of drug-likeness (QED) is 0.848. The van der Waals surface area contributed by atoms with Crippen LogP contribution in [0.2, 0.25) is 5.02 Å². The van der Waals surface area contributed by atoms with Crippen molar-refractivity contribution in [3.8, 4) is 5.75 Å². The summed E-state index contributed by atoms with van der Waals surface area (Å²) in [6.07, 6.45) is -0.904. The zero-order valence-corrected chi connectivity index (χ0v) is 14.1. The maximum absolute atomic E-state index is 12.3. The zero-order valence-electron chi connectivity index (χ0n) is 13.3. The van der Waals surface area contributed by atoms with E-state index in [1.807, 2.05) is 0 Å². The summed E-state index contributed by atoms with van der Waals surface area (Å²) in [6, 6.07) is 10.2. The molecule has 0 saturated carbocycles. The number of hydrogen-bond acceptors (Lipinski definition) is 4. The summed E-state index contributed by atoms with van der Waals surface area (Å²) in [7, 11) is 0. The molecule has 1 heterocycles. The van der Waals surface area contributed by atoms with Gasteiger partial charge < -0.3 is 19.6 Å². The highest BCUT2D eigenvalue weighted by atomic mass is 35.5. The minimum atomic E-state index is -1.09. The van der Waals surface area contributed by atoms with Gasteiger partial charge in [-0.25, -0.2) is 0 Å². The van der Waals surface area contributed by atoms with E-state index in [0.29, 0.717) is 22.3 Å². The van der Waals surface area contributed by atoms with Gasteiger partial charge in [0.15, 0.2) is 5.60 Å². The van der Waals surface area contributed by atoms with Crippen LogP contribution in [0.3, 0.4) is 0 Å². The van der Waals surface area contributed by atoms with Gasteiger partial charge in [-0.3, -0.25) is 4.79 Å².